The van der Waals surface area contributed by atoms with Crippen LogP contribution in [0.3, 0.4) is 0 Å². The van der Waals surface area contributed by atoms with Gasteiger partial charge in [-0.3, -0.25) is 4.79 Å². The number of benzene rings is 3. The molecule has 38 heavy (non-hydrogen) atoms. The SMILES string of the molecule is COC(=O)/C=C/c1cccc(N(Cc2ccc(-c3ccc4c(c3)OCCN4)cc2)C(=O)C2CCCCC2)c1. The van der Waals surface area contributed by atoms with Crippen LogP contribution in [0.4, 0.5) is 11.4 Å². The van der Waals surface area contributed by atoms with E-state index in [4.69, 9.17) is 9.47 Å². The molecule has 1 N–H and O–H groups in total. The van der Waals surface area contributed by atoms with Gasteiger partial charge in [0.1, 0.15) is 12.4 Å². The van der Waals surface area contributed by atoms with Crippen molar-refractivity contribution in [2.24, 2.45) is 5.92 Å². The number of amides is 1. The first-order chi connectivity index (χ1) is 18.6. The molecule has 1 amide bonds. The van der Waals surface area contributed by atoms with E-state index < -0.39 is 5.97 Å². The van der Waals surface area contributed by atoms with Gasteiger partial charge in [-0.15, -0.1) is 0 Å². The van der Waals surface area contributed by atoms with Crippen molar-refractivity contribution in [1.82, 2.24) is 0 Å². The summed E-state index contributed by atoms with van der Waals surface area (Å²) in [5.74, 6) is 0.680. The zero-order valence-corrected chi connectivity index (χ0v) is 21.8. The van der Waals surface area contributed by atoms with Crippen molar-refractivity contribution >= 4 is 29.3 Å². The third kappa shape index (κ3) is 6.08. The molecule has 0 radical (unpaired) electrons. The first kappa shape index (κ1) is 25.6. The van der Waals surface area contributed by atoms with Gasteiger partial charge in [0.05, 0.1) is 19.3 Å². The number of nitrogens with zero attached hydrogens (tertiary/aromatic N) is 1. The number of nitrogens with one attached hydrogen (secondary N) is 1. The average Bonchev–Trinajstić information content (AvgIpc) is 2.99. The molecule has 0 spiro atoms. The number of methoxy groups -OCH3 is 1. The Labute approximate surface area is 224 Å². The van der Waals surface area contributed by atoms with E-state index in [0.29, 0.717) is 13.2 Å². The summed E-state index contributed by atoms with van der Waals surface area (Å²) in [6.07, 6.45) is 8.37. The Bertz CT molecular complexity index is 1310. The molecule has 0 unspecified atom stereocenters. The zero-order valence-electron chi connectivity index (χ0n) is 21.8. The Balaban J connectivity index is 1.39. The van der Waals surface area contributed by atoms with E-state index in [1.807, 2.05) is 29.2 Å². The summed E-state index contributed by atoms with van der Waals surface area (Å²) in [5.41, 5.74) is 5.95. The lowest BCUT2D eigenvalue weighted by Gasteiger charge is -2.30. The monoisotopic (exact) mass is 510 g/mol. The van der Waals surface area contributed by atoms with Crippen molar-refractivity contribution < 1.29 is 19.1 Å². The molecule has 0 atom stereocenters. The molecule has 2 aliphatic rings. The summed E-state index contributed by atoms with van der Waals surface area (Å²) < 4.78 is 10.5. The number of anilines is 2. The normalized spacial score (nSPS) is 15.3. The second-order valence-corrected chi connectivity index (χ2v) is 9.89. The molecule has 6 heteroatoms. The van der Waals surface area contributed by atoms with E-state index in [1.54, 1.807) is 6.08 Å². The highest BCUT2D eigenvalue weighted by Gasteiger charge is 2.27. The quantitative estimate of drug-likeness (QED) is 0.292. The molecule has 1 heterocycles. The van der Waals surface area contributed by atoms with Crippen LogP contribution in [-0.4, -0.2) is 32.1 Å². The number of ether oxygens (including phenoxy) is 2. The van der Waals surface area contributed by atoms with Gasteiger partial charge >= 0.3 is 5.97 Å². The van der Waals surface area contributed by atoms with Crippen LogP contribution >= 0.6 is 0 Å². The molecule has 3 aromatic rings. The fourth-order valence-electron chi connectivity index (χ4n) is 5.19. The van der Waals surface area contributed by atoms with Crippen LogP contribution in [0.2, 0.25) is 0 Å². The summed E-state index contributed by atoms with van der Waals surface area (Å²) in [4.78, 5) is 27.2. The smallest absolute Gasteiger partial charge is 0.330 e. The van der Waals surface area contributed by atoms with Crippen molar-refractivity contribution in [1.29, 1.82) is 0 Å². The molecular formula is C32H34N2O4. The van der Waals surface area contributed by atoms with Gasteiger partial charge in [-0.25, -0.2) is 4.79 Å². The molecule has 1 aliphatic carbocycles. The van der Waals surface area contributed by atoms with E-state index in [9.17, 15) is 9.59 Å². The Hall–Kier alpha value is -4.06. The van der Waals surface area contributed by atoms with E-state index in [0.717, 1.165) is 71.6 Å². The highest BCUT2D eigenvalue weighted by Crippen LogP contribution is 2.33. The maximum Gasteiger partial charge on any atom is 0.330 e. The predicted molar refractivity (Wildman–Crippen MR) is 151 cm³/mol. The van der Waals surface area contributed by atoms with Gasteiger partial charge < -0.3 is 19.7 Å². The summed E-state index contributed by atoms with van der Waals surface area (Å²) in [7, 11) is 1.36. The molecule has 1 fully saturated rings. The van der Waals surface area contributed by atoms with Crippen LogP contribution in [0.5, 0.6) is 5.75 Å². The number of hydrogen-bond donors (Lipinski definition) is 1. The van der Waals surface area contributed by atoms with Gasteiger partial charge in [-0.05, 0) is 65.4 Å². The van der Waals surface area contributed by atoms with Crippen LogP contribution < -0.4 is 15.0 Å². The minimum absolute atomic E-state index is 0.0430. The summed E-state index contributed by atoms with van der Waals surface area (Å²) in [6, 6.07) is 22.4. The maximum atomic E-state index is 13.8. The van der Waals surface area contributed by atoms with Crippen molar-refractivity contribution in [2.45, 2.75) is 38.6 Å². The molecule has 0 bridgehead atoms. The number of carbonyl (C=O) groups excluding carboxylic acids is 2. The largest absolute Gasteiger partial charge is 0.490 e. The first-order valence-corrected chi connectivity index (χ1v) is 13.4. The van der Waals surface area contributed by atoms with Gasteiger partial charge in [0.25, 0.3) is 0 Å². The standard InChI is InChI=1S/C32H34N2O4/c1-37-31(35)17-12-23-6-5-9-28(20-23)34(32(36)26-7-3-2-4-8-26)22-24-10-13-25(14-11-24)27-15-16-29-30(21-27)38-19-18-33-29/h5-6,9-17,20-21,26,33H,2-4,7-8,18-19,22H2,1H3/b17-12+. The van der Waals surface area contributed by atoms with Crippen LogP contribution in [-0.2, 0) is 20.9 Å². The lowest BCUT2D eigenvalue weighted by Crippen LogP contribution is -2.36. The molecule has 1 aliphatic heterocycles. The lowest BCUT2D eigenvalue weighted by atomic mass is 9.88. The number of rotatable bonds is 7. The van der Waals surface area contributed by atoms with E-state index in [-0.39, 0.29) is 11.8 Å². The minimum Gasteiger partial charge on any atom is -0.490 e. The molecule has 6 nitrogen and oxygen atoms in total. The van der Waals surface area contributed by atoms with Crippen LogP contribution in [0, 0.1) is 5.92 Å². The molecule has 0 aromatic heterocycles. The highest BCUT2D eigenvalue weighted by molar-refractivity contribution is 5.95. The van der Waals surface area contributed by atoms with E-state index in [2.05, 4.69) is 47.8 Å². The van der Waals surface area contributed by atoms with Crippen molar-refractivity contribution in [3.63, 3.8) is 0 Å². The van der Waals surface area contributed by atoms with Gasteiger partial charge in [-0.2, -0.15) is 0 Å². The Morgan fingerprint density at radius 3 is 2.58 bits per heavy atom. The Morgan fingerprint density at radius 1 is 1.00 bits per heavy atom. The van der Waals surface area contributed by atoms with E-state index >= 15 is 0 Å². The summed E-state index contributed by atoms with van der Waals surface area (Å²) in [6.45, 7) is 1.97. The maximum absolute atomic E-state index is 13.8. The van der Waals surface area contributed by atoms with Crippen LogP contribution in [0.15, 0.2) is 72.8 Å². The Kier molecular flexibility index (Phi) is 8.07. The average molecular weight is 511 g/mol. The minimum atomic E-state index is -0.410. The van der Waals surface area contributed by atoms with E-state index in [1.165, 1.54) is 19.6 Å². The third-order valence-electron chi connectivity index (χ3n) is 7.30. The first-order valence-electron chi connectivity index (χ1n) is 13.4. The second kappa shape index (κ2) is 12.0. The topological polar surface area (TPSA) is 67.9 Å². The van der Waals surface area contributed by atoms with Gasteiger partial charge in [-0.1, -0.05) is 61.7 Å². The molecule has 5 rings (SSSR count). The number of hydrogen-bond acceptors (Lipinski definition) is 5. The van der Waals surface area contributed by atoms with Crippen molar-refractivity contribution in [3.8, 4) is 16.9 Å². The predicted octanol–water partition coefficient (Wildman–Crippen LogP) is 6.46. The lowest BCUT2D eigenvalue weighted by molar-refractivity contribution is -0.134. The number of esters is 1. The molecule has 1 saturated carbocycles. The zero-order chi connectivity index (χ0) is 26.3. The van der Waals surface area contributed by atoms with Gasteiger partial charge in [0, 0.05) is 24.2 Å². The summed E-state index contributed by atoms with van der Waals surface area (Å²) in [5, 5.41) is 3.36. The molecule has 3 aromatic carbocycles. The number of fused-ring (bicyclic) bond motifs is 1. The van der Waals surface area contributed by atoms with Crippen molar-refractivity contribution in [2.75, 3.05) is 30.5 Å². The third-order valence-corrected chi connectivity index (χ3v) is 7.30. The summed E-state index contributed by atoms with van der Waals surface area (Å²) >= 11 is 0. The fraction of sp³-hybridized carbons (Fsp3) is 0.312. The second-order valence-electron chi connectivity index (χ2n) is 9.89. The highest BCUT2D eigenvalue weighted by atomic mass is 16.5. The molecule has 196 valence electrons. The fourth-order valence-corrected chi connectivity index (χ4v) is 5.19. The van der Waals surface area contributed by atoms with Gasteiger partial charge in [0.2, 0.25) is 5.91 Å². The number of carbonyl (C=O) groups is 2. The van der Waals surface area contributed by atoms with Crippen LogP contribution in [0.1, 0.15) is 43.2 Å². The molecule has 0 saturated heterocycles. The molecular weight excluding hydrogens is 476 g/mol. The van der Waals surface area contributed by atoms with Crippen LogP contribution in [0.25, 0.3) is 17.2 Å². The van der Waals surface area contributed by atoms with Gasteiger partial charge in [0.15, 0.2) is 0 Å². The Morgan fingerprint density at radius 2 is 1.79 bits per heavy atom. The van der Waals surface area contributed by atoms with Crippen molar-refractivity contribution in [3.05, 3.63) is 83.9 Å².